The van der Waals surface area contributed by atoms with Crippen LogP contribution in [0.2, 0.25) is 0 Å². The third-order valence-electron chi connectivity index (χ3n) is 3.30. The van der Waals surface area contributed by atoms with Crippen molar-refractivity contribution in [3.05, 3.63) is 29.1 Å². The summed E-state index contributed by atoms with van der Waals surface area (Å²) in [5.41, 5.74) is 6.33. The summed E-state index contributed by atoms with van der Waals surface area (Å²) >= 11 is 0. The zero-order valence-corrected chi connectivity index (χ0v) is 11.6. The normalized spacial score (nSPS) is 13.9. The van der Waals surface area contributed by atoms with Crippen molar-refractivity contribution < 1.29 is 14.0 Å². The molecule has 1 saturated carbocycles. The zero-order chi connectivity index (χ0) is 14.9. The molecule has 3 N–H and O–H groups in total. The van der Waals surface area contributed by atoms with E-state index >= 15 is 0 Å². The van der Waals surface area contributed by atoms with Crippen LogP contribution in [0.15, 0.2) is 12.1 Å². The Kier molecular flexibility index (Phi) is 3.92. The molecule has 108 valence electrons. The first-order valence-electron chi connectivity index (χ1n) is 6.49. The minimum absolute atomic E-state index is 0.0509. The Morgan fingerprint density at radius 1 is 1.45 bits per heavy atom. The van der Waals surface area contributed by atoms with Gasteiger partial charge in [0, 0.05) is 29.9 Å². The fourth-order valence-corrected chi connectivity index (χ4v) is 1.83. The number of carbonyl (C=O) groups is 2. The average molecular weight is 279 g/mol. The number of anilines is 1. The van der Waals surface area contributed by atoms with Gasteiger partial charge >= 0.3 is 0 Å². The third kappa shape index (κ3) is 3.26. The van der Waals surface area contributed by atoms with Gasteiger partial charge in [-0.05, 0) is 31.9 Å². The molecule has 0 heterocycles. The topological polar surface area (TPSA) is 75.4 Å². The van der Waals surface area contributed by atoms with Crippen LogP contribution in [0.4, 0.5) is 10.1 Å². The molecule has 5 nitrogen and oxygen atoms in total. The first kappa shape index (κ1) is 14.3. The second-order valence-corrected chi connectivity index (χ2v) is 5.18. The molecule has 1 aromatic rings. The SMILES string of the molecule is Cc1c(N)cc(C(=O)N(C)CC(=O)NC2CC2)cc1F. The van der Waals surface area contributed by atoms with Crippen LogP contribution in [0.3, 0.4) is 0 Å². The molecule has 2 amide bonds. The van der Waals surface area contributed by atoms with Crippen LogP contribution in [-0.4, -0.2) is 36.3 Å². The van der Waals surface area contributed by atoms with Gasteiger partial charge in [-0.25, -0.2) is 4.39 Å². The highest BCUT2D eigenvalue weighted by molar-refractivity contribution is 5.97. The van der Waals surface area contributed by atoms with Gasteiger partial charge in [-0.15, -0.1) is 0 Å². The molecule has 1 fully saturated rings. The maximum absolute atomic E-state index is 13.6. The summed E-state index contributed by atoms with van der Waals surface area (Å²) in [5.74, 6) is -1.16. The third-order valence-corrected chi connectivity index (χ3v) is 3.30. The highest BCUT2D eigenvalue weighted by Crippen LogP contribution is 2.19. The standard InChI is InChI=1S/C14H18FN3O2/c1-8-11(15)5-9(6-12(8)16)14(20)18(2)7-13(19)17-10-3-4-10/h5-6,10H,3-4,7,16H2,1-2H3,(H,17,19). The minimum atomic E-state index is -0.524. The van der Waals surface area contributed by atoms with Crippen molar-refractivity contribution in [1.82, 2.24) is 10.2 Å². The molecule has 2 rings (SSSR count). The molecular formula is C14H18FN3O2. The number of amides is 2. The summed E-state index contributed by atoms with van der Waals surface area (Å²) in [6, 6.07) is 2.82. The Bertz CT molecular complexity index is 532. The number of carbonyl (C=O) groups excluding carboxylic acids is 2. The number of nitrogen functional groups attached to an aromatic ring is 1. The zero-order valence-electron chi connectivity index (χ0n) is 11.6. The van der Waals surface area contributed by atoms with Crippen molar-refractivity contribution in [1.29, 1.82) is 0 Å². The van der Waals surface area contributed by atoms with Crippen LogP contribution in [0.25, 0.3) is 0 Å². The lowest BCUT2D eigenvalue weighted by molar-refractivity contribution is -0.121. The minimum Gasteiger partial charge on any atom is -0.398 e. The Hall–Kier alpha value is -2.11. The molecule has 6 heteroatoms. The largest absolute Gasteiger partial charge is 0.398 e. The Labute approximate surface area is 116 Å². The first-order chi connectivity index (χ1) is 9.38. The second-order valence-electron chi connectivity index (χ2n) is 5.18. The predicted molar refractivity (Wildman–Crippen MR) is 73.7 cm³/mol. The van der Waals surface area contributed by atoms with Crippen LogP contribution in [0.5, 0.6) is 0 Å². The molecule has 0 atom stereocenters. The second kappa shape index (κ2) is 5.48. The molecule has 0 radical (unpaired) electrons. The number of nitrogens with one attached hydrogen (secondary N) is 1. The van der Waals surface area contributed by atoms with Gasteiger partial charge in [0.15, 0.2) is 0 Å². The van der Waals surface area contributed by atoms with Crippen molar-refractivity contribution in [3.63, 3.8) is 0 Å². The molecule has 0 aromatic heterocycles. The van der Waals surface area contributed by atoms with E-state index in [-0.39, 0.29) is 29.7 Å². The molecule has 1 aliphatic rings. The van der Waals surface area contributed by atoms with E-state index in [9.17, 15) is 14.0 Å². The van der Waals surface area contributed by atoms with Crippen LogP contribution >= 0.6 is 0 Å². The summed E-state index contributed by atoms with van der Waals surface area (Å²) in [4.78, 5) is 25.0. The van der Waals surface area contributed by atoms with Gasteiger partial charge in [-0.2, -0.15) is 0 Å². The smallest absolute Gasteiger partial charge is 0.254 e. The number of nitrogens with two attached hydrogens (primary N) is 1. The number of hydrogen-bond donors (Lipinski definition) is 2. The van der Waals surface area contributed by atoms with E-state index in [4.69, 9.17) is 5.73 Å². The van der Waals surface area contributed by atoms with Crippen LogP contribution in [0.1, 0.15) is 28.8 Å². The molecule has 0 bridgehead atoms. The lowest BCUT2D eigenvalue weighted by Crippen LogP contribution is -2.39. The van der Waals surface area contributed by atoms with Crippen LogP contribution in [0, 0.1) is 12.7 Å². The summed E-state index contributed by atoms with van der Waals surface area (Å²) in [6.07, 6.45) is 1.98. The first-order valence-corrected chi connectivity index (χ1v) is 6.49. The summed E-state index contributed by atoms with van der Waals surface area (Å²) in [6.45, 7) is 1.50. The number of benzene rings is 1. The number of rotatable bonds is 4. The van der Waals surface area contributed by atoms with E-state index < -0.39 is 11.7 Å². The quantitative estimate of drug-likeness (QED) is 0.809. The lowest BCUT2D eigenvalue weighted by atomic mass is 10.1. The van der Waals surface area contributed by atoms with Gasteiger partial charge in [0.05, 0.1) is 6.54 Å². The van der Waals surface area contributed by atoms with E-state index in [0.717, 1.165) is 18.9 Å². The monoisotopic (exact) mass is 279 g/mol. The van der Waals surface area contributed by atoms with Gasteiger partial charge < -0.3 is 16.0 Å². The molecule has 0 saturated heterocycles. The van der Waals surface area contributed by atoms with Crippen molar-refractivity contribution in [2.24, 2.45) is 0 Å². The fraction of sp³-hybridized carbons (Fsp3) is 0.429. The van der Waals surface area contributed by atoms with Crippen LogP contribution < -0.4 is 11.1 Å². The Balaban J connectivity index is 2.03. The van der Waals surface area contributed by atoms with Gasteiger partial charge in [-0.3, -0.25) is 9.59 Å². The number of likely N-dealkylation sites (N-methyl/N-ethyl adjacent to an activating group) is 1. The maximum atomic E-state index is 13.6. The molecule has 0 unspecified atom stereocenters. The van der Waals surface area contributed by atoms with Gasteiger partial charge in [0.1, 0.15) is 5.82 Å². The summed E-state index contributed by atoms with van der Waals surface area (Å²) in [7, 11) is 1.50. The van der Waals surface area contributed by atoms with Crippen molar-refractivity contribution in [2.45, 2.75) is 25.8 Å². The van der Waals surface area contributed by atoms with E-state index in [1.165, 1.54) is 18.0 Å². The molecule has 1 aromatic carbocycles. The predicted octanol–water partition coefficient (Wildman–Crippen LogP) is 1.07. The summed E-state index contributed by atoms with van der Waals surface area (Å²) < 4.78 is 13.6. The highest BCUT2D eigenvalue weighted by Gasteiger charge is 2.24. The van der Waals surface area contributed by atoms with Gasteiger partial charge in [0.2, 0.25) is 5.91 Å². The Morgan fingerprint density at radius 3 is 2.65 bits per heavy atom. The van der Waals surface area contributed by atoms with Crippen LogP contribution in [-0.2, 0) is 4.79 Å². The van der Waals surface area contributed by atoms with Crippen molar-refractivity contribution in [2.75, 3.05) is 19.3 Å². The summed E-state index contributed by atoms with van der Waals surface area (Å²) in [5, 5.41) is 2.79. The van der Waals surface area contributed by atoms with Gasteiger partial charge in [0.25, 0.3) is 5.91 Å². The van der Waals surface area contributed by atoms with E-state index in [1.807, 2.05) is 0 Å². The molecule has 0 aliphatic heterocycles. The highest BCUT2D eigenvalue weighted by atomic mass is 19.1. The number of halogens is 1. The van der Waals surface area contributed by atoms with Gasteiger partial charge in [-0.1, -0.05) is 0 Å². The maximum Gasteiger partial charge on any atom is 0.254 e. The van der Waals surface area contributed by atoms with E-state index in [2.05, 4.69) is 5.32 Å². The Morgan fingerprint density at radius 2 is 2.10 bits per heavy atom. The van der Waals surface area contributed by atoms with E-state index in [1.54, 1.807) is 6.92 Å². The van der Waals surface area contributed by atoms with Crippen molar-refractivity contribution >= 4 is 17.5 Å². The number of nitrogens with zero attached hydrogens (tertiary/aromatic N) is 1. The average Bonchev–Trinajstić information content (AvgIpc) is 3.17. The van der Waals surface area contributed by atoms with E-state index in [0.29, 0.717) is 5.56 Å². The fourth-order valence-electron chi connectivity index (χ4n) is 1.83. The lowest BCUT2D eigenvalue weighted by Gasteiger charge is -2.17. The molecule has 0 spiro atoms. The van der Waals surface area contributed by atoms with Crippen molar-refractivity contribution in [3.8, 4) is 0 Å². The molecule has 20 heavy (non-hydrogen) atoms. The molecular weight excluding hydrogens is 261 g/mol. The molecule has 1 aliphatic carbocycles. The number of hydrogen-bond acceptors (Lipinski definition) is 3.